The van der Waals surface area contributed by atoms with E-state index in [0.717, 1.165) is 25.9 Å². The van der Waals surface area contributed by atoms with Crippen LogP contribution < -0.4 is 0 Å². The van der Waals surface area contributed by atoms with Crippen LogP contribution in [-0.4, -0.2) is 25.5 Å². The largest absolute Gasteiger partial charge is 0.293 e. The van der Waals surface area contributed by atoms with E-state index in [-0.39, 0.29) is 0 Å². The van der Waals surface area contributed by atoms with Crippen molar-refractivity contribution < 1.29 is 0 Å². The quantitative estimate of drug-likeness (QED) is 0.520. The Morgan fingerprint density at radius 1 is 0.750 bits per heavy atom. The first kappa shape index (κ1) is 8.91. The average molecular weight is 162 g/mol. The van der Waals surface area contributed by atoms with Crippen molar-refractivity contribution in [3.05, 3.63) is 24.3 Å². The highest BCUT2D eigenvalue weighted by molar-refractivity contribution is 5.71. The zero-order valence-corrected chi connectivity index (χ0v) is 7.19. The van der Waals surface area contributed by atoms with Crippen molar-refractivity contribution in [3.8, 4) is 0 Å². The van der Waals surface area contributed by atoms with Gasteiger partial charge in [-0.3, -0.25) is 9.98 Å². The third kappa shape index (κ3) is 4.61. The van der Waals surface area contributed by atoms with E-state index in [9.17, 15) is 0 Å². The van der Waals surface area contributed by atoms with Crippen molar-refractivity contribution in [1.29, 1.82) is 0 Å². The first-order chi connectivity index (χ1) is 6.00. The van der Waals surface area contributed by atoms with Gasteiger partial charge in [0.2, 0.25) is 0 Å². The summed E-state index contributed by atoms with van der Waals surface area (Å²) < 4.78 is 0. The second-order valence-electron chi connectivity index (χ2n) is 2.54. The Labute approximate surface area is 73.4 Å². The molecule has 2 aliphatic heterocycles. The molecule has 0 saturated carbocycles. The van der Waals surface area contributed by atoms with Crippen LogP contribution in [0.5, 0.6) is 0 Å². The summed E-state index contributed by atoms with van der Waals surface area (Å²) >= 11 is 0. The molecule has 0 amide bonds. The molecular formula is C10H14N2. The van der Waals surface area contributed by atoms with Gasteiger partial charge in [0.05, 0.1) is 0 Å². The van der Waals surface area contributed by atoms with Crippen LogP contribution in [0.15, 0.2) is 34.3 Å². The molecule has 0 radical (unpaired) electrons. The maximum absolute atomic E-state index is 3.97. The lowest BCUT2D eigenvalue weighted by molar-refractivity contribution is 1.00. The molecule has 0 saturated heterocycles. The van der Waals surface area contributed by atoms with Gasteiger partial charge < -0.3 is 0 Å². The Kier molecular flexibility index (Phi) is 4.85. The van der Waals surface area contributed by atoms with Gasteiger partial charge in [-0.15, -0.1) is 0 Å². The molecule has 0 aromatic rings. The van der Waals surface area contributed by atoms with Crippen molar-refractivity contribution in [1.82, 2.24) is 0 Å². The van der Waals surface area contributed by atoms with E-state index >= 15 is 0 Å². The molecule has 2 aliphatic rings. The summed E-state index contributed by atoms with van der Waals surface area (Å²) in [7, 11) is 0. The van der Waals surface area contributed by atoms with Gasteiger partial charge in [0.1, 0.15) is 0 Å². The number of dihydropyridines is 2. The van der Waals surface area contributed by atoms with E-state index in [1.165, 1.54) is 0 Å². The van der Waals surface area contributed by atoms with Crippen molar-refractivity contribution in [3.63, 3.8) is 0 Å². The summed E-state index contributed by atoms with van der Waals surface area (Å²) in [6, 6.07) is 0. The molecule has 0 bridgehead atoms. The molecule has 0 unspecified atom stereocenters. The van der Waals surface area contributed by atoms with Gasteiger partial charge in [-0.2, -0.15) is 0 Å². The second-order valence-corrected chi connectivity index (χ2v) is 2.54. The first-order valence-corrected chi connectivity index (χ1v) is 4.30. The maximum atomic E-state index is 3.97. The van der Waals surface area contributed by atoms with Crippen LogP contribution >= 0.6 is 0 Å². The van der Waals surface area contributed by atoms with Crippen LogP contribution in [0.3, 0.4) is 0 Å². The number of nitrogens with zero attached hydrogens (tertiary/aromatic N) is 2. The molecule has 12 heavy (non-hydrogen) atoms. The Balaban J connectivity index is 0.000000120. The smallest absolute Gasteiger partial charge is 0.0423 e. The van der Waals surface area contributed by atoms with Crippen LogP contribution in [0.25, 0.3) is 0 Å². The highest BCUT2D eigenvalue weighted by atomic mass is 14.7. The van der Waals surface area contributed by atoms with Gasteiger partial charge in [-0.1, -0.05) is 12.2 Å². The lowest BCUT2D eigenvalue weighted by atomic mass is 10.3. The third-order valence-electron chi connectivity index (χ3n) is 1.50. The van der Waals surface area contributed by atoms with Crippen LogP contribution in [-0.2, 0) is 0 Å². The number of hydrogen-bond donors (Lipinski definition) is 0. The summed E-state index contributed by atoms with van der Waals surface area (Å²) in [5, 5.41) is 0. The SMILES string of the molecule is C1=CCCN=C1.C1=CCCN=C1. The van der Waals surface area contributed by atoms with Crippen molar-refractivity contribution in [2.75, 3.05) is 13.1 Å². The van der Waals surface area contributed by atoms with Crippen molar-refractivity contribution in [2.45, 2.75) is 12.8 Å². The van der Waals surface area contributed by atoms with Gasteiger partial charge in [-0.05, 0) is 25.0 Å². The lowest BCUT2D eigenvalue weighted by Crippen LogP contribution is -1.81. The molecule has 2 heterocycles. The number of hydrogen-bond acceptors (Lipinski definition) is 2. The molecular weight excluding hydrogens is 148 g/mol. The minimum absolute atomic E-state index is 0.983. The van der Waals surface area contributed by atoms with Crippen molar-refractivity contribution in [2.24, 2.45) is 9.98 Å². The summed E-state index contributed by atoms with van der Waals surface area (Å²) in [4.78, 5) is 7.93. The number of aliphatic imine (C=N–C) groups is 2. The van der Waals surface area contributed by atoms with E-state index in [0.29, 0.717) is 0 Å². The monoisotopic (exact) mass is 162 g/mol. The molecule has 0 spiro atoms. The minimum atomic E-state index is 0.983. The number of allylic oxidation sites excluding steroid dienone is 2. The fourth-order valence-electron chi connectivity index (χ4n) is 0.883. The molecule has 0 N–H and O–H groups in total. The predicted molar refractivity (Wildman–Crippen MR) is 54.2 cm³/mol. The molecule has 0 aromatic carbocycles. The van der Waals surface area contributed by atoms with Gasteiger partial charge in [0.25, 0.3) is 0 Å². The third-order valence-corrected chi connectivity index (χ3v) is 1.50. The summed E-state index contributed by atoms with van der Waals surface area (Å²) in [6.07, 6.45) is 14.1. The molecule has 0 aliphatic carbocycles. The Hall–Kier alpha value is -1.18. The van der Waals surface area contributed by atoms with E-state index in [1.54, 1.807) is 0 Å². The topological polar surface area (TPSA) is 24.7 Å². The fraction of sp³-hybridized carbons (Fsp3) is 0.400. The van der Waals surface area contributed by atoms with E-state index in [4.69, 9.17) is 0 Å². The van der Waals surface area contributed by atoms with Crippen molar-refractivity contribution >= 4 is 12.4 Å². The van der Waals surface area contributed by atoms with E-state index in [2.05, 4.69) is 22.1 Å². The summed E-state index contributed by atoms with van der Waals surface area (Å²) in [6.45, 7) is 1.97. The standard InChI is InChI=1S/2C5H7N/c2*1-2-4-6-5-3-1/h2*1-2,4H,3,5H2. The zero-order chi connectivity index (χ0) is 8.49. The minimum Gasteiger partial charge on any atom is -0.293 e. The molecule has 0 aromatic heterocycles. The normalized spacial score (nSPS) is 18.7. The molecule has 0 fully saturated rings. The Bertz CT molecular complexity index is 164. The van der Waals surface area contributed by atoms with Gasteiger partial charge in [0, 0.05) is 25.5 Å². The summed E-state index contributed by atoms with van der Waals surface area (Å²) in [5.74, 6) is 0. The first-order valence-electron chi connectivity index (χ1n) is 4.30. The van der Waals surface area contributed by atoms with Gasteiger partial charge >= 0.3 is 0 Å². The van der Waals surface area contributed by atoms with E-state index in [1.807, 2.05) is 24.6 Å². The Morgan fingerprint density at radius 3 is 1.33 bits per heavy atom. The predicted octanol–water partition coefficient (Wildman–Crippen LogP) is 2.03. The van der Waals surface area contributed by atoms with Crippen LogP contribution in [0.2, 0.25) is 0 Å². The molecule has 2 nitrogen and oxygen atoms in total. The average Bonchev–Trinajstić information content (AvgIpc) is 2.24. The molecule has 0 atom stereocenters. The van der Waals surface area contributed by atoms with Crippen LogP contribution in [0.4, 0.5) is 0 Å². The molecule has 64 valence electrons. The van der Waals surface area contributed by atoms with Gasteiger partial charge in [-0.25, -0.2) is 0 Å². The highest BCUT2D eigenvalue weighted by Gasteiger charge is 1.78. The molecule has 2 rings (SSSR count). The maximum Gasteiger partial charge on any atom is 0.0423 e. The Morgan fingerprint density at radius 2 is 1.25 bits per heavy atom. The summed E-state index contributed by atoms with van der Waals surface area (Å²) in [5.41, 5.74) is 0. The second kappa shape index (κ2) is 6.53. The van der Waals surface area contributed by atoms with Crippen LogP contribution in [0.1, 0.15) is 12.8 Å². The molecule has 2 heteroatoms. The lowest BCUT2D eigenvalue weighted by Gasteiger charge is -1.88. The van der Waals surface area contributed by atoms with Crippen LogP contribution in [0, 0.1) is 0 Å². The fourth-order valence-corrected chi connectivity index (χ4v) is 0.883. The van der Waals surface area contributed by atoms with Gasteiger partial charge in [0.15, 0.2) is 0 Å². The zero-order valence-electron chi connectivity index (χ0n) is 7.19. The highest BCUT2D eigenvalue weighted by Crippen LogP contribution is 1.87. The number of rotatable bonds is 0. The van der Waals surface area contributed by atoms with E-state index < -0.39 is 0 Å².